The van der Waals surface area contributed by atoms with Crippen molar-refractivity contribution in [3.8, 4) is 5.69 Å². The zero-order valence-corrected chi connectivity index (χ0v) is 13.7. The molecule has 1 aromatic carbocycles. The number of carbonyl (C=O) groups is 1. The normalized spacial score (nSPS) is 15.6. The quantitative estimate of drug-likeness (QED) is 0.822. The largest absolute Gasteiger partial charge is 0.396 e. The zero-order chi connectivity index (χ0) is 16.8. The summed E-state index contributed by atoms with van der Waals surface area (Å²) >= 11 is 0. The van der Waals surface area contributed by atoms with E-state index in [0.717, 1.165) is 18.5 Å². The van der Waals surface area contributed by atoms with Crippen LogP contribution in [0.3, 0.4) is 0 Å². The minimum atomic E-state index is 0.0704. The first-order chi connectivity index (χ1) is 11.8. The van der Waals surface area contributed by atoms with E-state index in [9.17, 15) is 4.79 Å². The summed E-state index contributed by atoms with van der Waals surface area (Å²) in [5.41, 5.74) is 1.69. The van der Waals surface area contributed by atoms with Gasteiger partial charge in [-0.3, -0.25) is 4.79 Å². The number of rotatable bonds is 6. The lowest BCUT2D eigenvalue weighted by atomic mass is 10.1. The molecule has 0 spiro atoms. The fraction of sp³-hybridized carbons (Fsp3) is 0.444. The maximum atomic E-state index is 12.6. The Kier molecular flexibility index (Phi) is 5.61. The predicted molar refractivity (Wildman–Crippen MR) is 90.1 cm³/mol. The van der Waals surface area contributed by atoms with E-state index in [1.165, 1.54) is 0 Å². The van der Waals surface area contributed by atoms with Gasteiger partial charge < -0.3 is 19.3 Å². The van der Waals surface area contributed by atoms with E-state index in [2.05, 4.69) is 4.98 Å². The lowest BCUT2D eigenvalue weighted by Crippen LogP contribution is -2.41. The first-order valence-corrected chi connectivity index (χ1v) is 8.38. The van der Waals surface area contributed by atoms with Crippen molar-refractivity contribution in [2.75, 3.05) is 26.3 Å². The van der Waals surface area contributed by atoms with E-state index in [4.69, 9.17) is 9.84 Å². The molecule has 2 aromatic rings. The molecule has 0 saturated carbocycles. The first-order valence-electron chi connectivity index (χ1n) is 8.38. The number of aliphatic hydroxyl groups is 1. The second-order valence-corrected chi connectivity index (χ2v) is 5.96. The summed E-state index contributed by atoms with van der Waals surface area (Å²) in [6, 6.07) is 7.59. The van der Waals surface area contributed by atoms with Gasteiger partial charge in [-0.15, -0.1) is 0 Å². The van der Waals surface area contributed by atoms with Gasteiger partial charge in [0, 0.05) is 49.9 Å². The molecule has 0 unspecified atom stereocenters. The van der Waals surface area contributed by atoms with Gasteiger partial charge in [-0.25, -0.2) is 4.98 Å². The number of nitrogens with zero attached hydrogens (tertiary/aromatic N) is 3. The Morgan fingerprint density at radius 3 is 2.62 bits per heavy atom. The monoisotopic (exact) mass is 329 g/mol. The minimum Gasteiger partial charge on any atom is -0.396 e. The van der Waals surface area contributed by atoms with E-state index >= 15 is 0 Å². The number of ether oxygens (including phenoxy) is 1. The molecule has 24 heavy (non-hydrogen) atoms. The average molecular weight is 329 g/mol. The van der Waals surface area contributed by atoms with Crippen LogP contribution in [0.25, 0.3) is 5.69 Å². The van der Waals surface area contributed by atoms with E-state index in [0.29, 0.717) is 31.7 Å². The number of carbonyl (C=O) groups excluding carboxylic acids is 1. The van der Waals surface area contributed by atoms with Gasteiger partial charge in [-0.2, -0.15) is 0 Å². The van der Waals surface area contributed by atoms with Crippen LogP contribution in [0.5, 0.6) is 0 Å². The molecule has 0 bridgehead atoms. The van der Waals surface area contributed by atoms with Gasteiger partial charge in [0.1, 0.15) is 0 Å². The van der Waals surface area contributed by atoms with Crippen molar-refractivity contribution in [2.24, 2.45) is 0 Å². The lowest BCUT2D eigenvalue weighted by Gasteiger charge is -2.32. The topological polar surface area (TPSA) is 67.6 Å². The third kappa shape index (κ3) is 4.01. The summed E-state index contributed by atoms with van der Waals surface area (Å²) in [6.07, 6.45) is 7.91. The molecule has 0 aliphatic carbocycles. The van der Waals surface area contributed by atoms with Crippen LogP contribution in [-0.2, 0) is 4.74 Å². The Bertz CT molecular complexity index is 632. The molecule has 1 aliphatic heterocycles. The van der Waals surface area contributed by atoms with Crippen molar-refractivity contribution >= 4 is 5.91 Å². The number of benzene rings is 1. The van der Waals surface area contributed by atoms with Crippen LogP contribution in [0.4, 0.5) is 0 Å². The molecule has 1 fully saturated rings. The standard InChI is InChI=1S/C18H23N3O3/c22-12-1-13-24-17-6-9-20(10-7-17)18(23)15-2-4-16(5-3-15)21-11-8-19-14-21/h2-5,8,11,14,17,22H,1,6-7,9-10,12-13H2. The fourth-order valence-electron chi connectivity index (χ4n) is 2.91. The molecule has 1 aliphatic rings. The van der Waals surface area contributed by atoms with Crippen LogP contribution in [-0.4, -0.2) is 57.9 Å². The molecule has 6 heteroatoms. The summed E-state index contributed by atoms with van der Waals surface area (Å²) in [7, 11) is 0. The third-order valence-electron chi connectivity index (χ3n) is 4.30. The fourth-order valence-corrected chi connectivity index (χ4v) is 2.91. The first kappa shape index (κ1) is 16.7. The van der Waals surface area contributed by atoms with Crippen molar-refractivity contribution < 1.29 is 14.6 Å². The molecule has 1 amide bonds. The third-order valence-corrected chi connectivity index (χ3v) is 4.30. The summed E-state index contributed by atoms with van der Waals surface area (Å²) in [5, 5.41) is 8.78. The molecule has 1 N–H and O–H groups in total. The Labute approximate surface area is 141 Å². The minimum absolute atomic E-state index is 0.0704. The molecule has 0 atom stereocenters. The second-order valence-electron chi connectivity index (χ2n) is 5.96. The highest BCUT2D eigenvalue weighted by molar-refractivity contribution is 5.94. The number of imidazole rings is 1. The molecule has 128 valence electrons. The molecule has 0 radical (unpaired) electrons. The van der Waals surface area contributed by atoms with Crippen molar-refractivity contribution in [3.05, 3.63) is 48.5 Å². The number of hydrogen-bond donors (Lipinski definition) is 1. The number of aromatic nitrogens is 2. The Morgan fingerprint density at radius 2 is 2.00 bits per heavy atom. The van der Waals surface area contributed by atoms with Crippen LogP contribution < -0.4 is 0 Å². The highest BCUT2D eigenvalue weighted by atomic mass is 16.5. The van der Waals surface area contributed by atoms with Crippen molar-refractivity contribution in [1.29, 1.82) is 0 Å². The Hall–Kier alpha value is -2.18. The van der Waals surface area contributed by atoms with Crippen LogP contribution in [0, 0.1) is 0 Å². The summed E-state index contributed by atoms with van der Waals surface area (Å²) < 4.78 is 7.61. The van der Waals surface area contributed by atoms with Crippen LogP contribution >= 0.6 is 0 Å². The van der Waals surface area contributed by atoms with E-state index < -0.39 is 0 Å². The summed E-state index contributed by atoms with van der Waals surface area (Å²) in [6.45, 7) is 2.18. The van der Waals surface area contributed by atoms with Crippen molar-refractivity contribution in [1.82, 2.24) is 14.5 Å². The van der Waals surface area contributed by atoms with Crippen LogP contribution in [0.15, 0.2) is 43.0 Å². The van der Waals surface area contributed by atoms with Crippen molar-refractivity contribution in [2.45, 2.75) is 25.4 Å². The predicted octanol–water partition coefficient (Wildman–Crippen LogP) is 1.88. The molecule has 3 rings (SSSR count). The number of hydrogen-bond acceptors (Lipinski definition) is 4. The molecular weight excluding hydrogens is 306 g/mol. The maximum absolute atomic E-state index is 12.6. The van der Waals surface area contributed by atoms with E-state index in [1.54, 1.807) is 12.5 Å². The summed E-state index contributed by atoms with van der Waals surface area (Å²) in [4.78, 5) is 18.5. The van der Waals surface area contributed by atoms with Crippen LogP contribution in [0.2, 0.25) is 0 Å². The van der Waals surface area contributed by atoms with E-state index in [1.807, 2.05) is 39.9 Å². The van der Waals surface area contributed by atoms with Crippen molar-refractivity contribution in [3.63, 3.8) is 0 Å². The van der Waals surface area contributed by atoms with Gasteiger partial charge in [0.25, 0.3) is 5.91 Å². The van der Waals surface area contributed by atoms with Gasteiger partial charge in [0.2, 0.25) is 0 Å². The molecular formula is C18H23N3O3. The lowest BCUT2D eigenvalue weighted by molar-refractivity contribution is 0.00398. The Balaban J connectivity index is 1.54. The second kappa shape index (κ2) is 8.08. The van der Waals surface area contributed by atoms with Gasteiger partial charge in [-0.05, 0) is 43.5 Å². The number of aliphatic hydroxyl groups excluding tert-OH is 1. The molecule has 2 heterocycles. The summed E-state index contributed by atoms with van der Waals surface area (Å²) in [5.74, 6) is 0.0704. The maximum Gasteiger partial charge on any atom is 0.253 e. The van der Waals surface area contributed by atoms with Gasteiger partial charge in [0.15, 0.2) is 0 Å². The molecule has 1 aromatic heterocycles. The SMILES string of the molecule is O=C(c1ccc(-n2ccnc2)cc1)N1CCC(OCCCO)CC1. The van der Waals surface area contributed by atoms with Gasteiger partial charge in [0.05, 0.1) is 12.4 Å². The highest BCUT2D eigenvalue weighted by Crippen LogP contribution is 2.17. The number of likely N-dealkylation sites (tertiary alicyclic amines) is 1. The average Bonchev–Trinajstić information content (AvgIpc) is 3.17. The van der Waals surface area contributed by atoms with Crippen LogP contribution in [0.1, 0.15) is 29.6 Å². The Morgan fingerprint density at radius 1 is 1.25 bits per heavy atom. The van der Waals surface area contributed by atoms with E-state index in [-0.39, 0.29) is 18.6 Å². The zero-order valence-electron chi connectivity index (χ0n) is 13.7. The molecule has 1 saturated heterocycles. The number of amides is 1. The molecule has 6 nitrogen and oxygen atoms in total. The van der Waals surface area contributed by atoms with Gasteiger partial charge >= 0.3 is 0 Å². The van der Waals surface area contributed by atoms with Gasteiger partial charge in [-0.1, -0.05) is 0 Å². The highest BCUT2D eigenvalue weighted by Gasteiger charge is 2.23. The number of piperidine rings is 1. The smallest absolute Gasteiger partial charge is 0.253 e.